The van der Waals surface area contributed by atoms with Gasteiger partial charge in [-0.05, 0) is 6.42 Å². The normalized spacial score (nSPS) is 20.1. The van der Waals surface area contributed by atoms with E-state index in [1.54, 1.807) is 11.7 Å². The molecule has 2 aliphatic heterocycles. The van der Waals surface area contributed by atoms with Crippen molar-refractivity contribution < 1.29 is 9.90 Å². The van der Waals surface area contributed by atoms with Gasteiger partial charge in [-0.3, -0.25) is 9.48 Å². The summed E-state index contributed by atoms with van der Waals surface area (Å²) in [7, 11) is 1.62. The number of aliphatic hydroxyl groups excluding tert-OH is 1. The summed E-state index contributed by atoms with van der Waals surface area (Å²) in [6.07, 6.45) is 0.754. The molecule has 0 radical (unpaired) electrons. The molecule has 3 rings (SSSR count). The van der Waals surface area contributed by atoms with Crippen LogP contribution in [0.3, 0.4) is 0 Å². The van der Waals surface area contributed by atoms with Gasteiger partial charge in [0.1, 0.15) is 5.69 Å². The van der Waals surface area contributed by atoms with Crippen molar-refractivity contribution in [2.75, 3.05) is 13.6 Å². The van der Waals surface area contributed by atoms with Crippen molar-refractivity contribution in [1.82, 2.24) is 20.1 Å². The van der Waals surface area contributed by atoms with Gasteiger partial charge < -0.3 is 10.4 Å². The maximum atomic E-state index is 12.5. The largest absolute Gasteiger partial charge is 0.387 e. The van der Waals surface area contributed by atoms with E-state index < -0.39 is 6.10 Å². The molecule has 1 amide bonds. The van der Waals surface area contributed by atoms with Crippen molar-refractivity contribution in [2.24, 2.45) is 5.10 Å². The summed E-state index contributed by atoms with van der Waals surface area (Å²) < 4.78 is 1.70. The van der Waals surface area contributed by atoms with Gasteiger partial charge in [0.2, 0.25) is 0 Å². The van der Waals surface area contributed by atoms with Crippen LogP contribution < -0.4 is 5.32 Å². The van der Waals surface area contributed by atoms with Crippen LogP contribution in [0, 0.1) is 0 Å². The van der Waals surface area contributed by atoms with Crippen molar-refractivity contribution >= 4 is 11.6 Å². The molecule has 7 heteroatoms. The van der Waals surface area contributed by atoms with E-state index in [-0.39, 0.29) is 5.91 Å². The number of carbonyl (C=O) groups is 1. The lowest BCUT2D eigenvalue weighted by Gasteiger charge is -2.15. The van der Waals surface area contributed by atoms with Crippen molar-refractivity contribution in [3.63, 3.8) is 0 Å². The molecule has 0 fully saturated rings. The zero-order valence-corrected chi connectivity index (χ0v) is 11.8. The molecule has 1 unspecified atom stereocenters. The van der Waals surface area contributed by atoms with Crippen LogP contribution in [0.4, 0.5) is 0 Å². The van der Waals surface area contributed by atoms with E-state index in [0.717, 1.165) is 24.2 Å². The number of nitrogens with one attached hydrogen (secondary N) is 1. The Balaban J connectivity index is 2.07. The van der Waals surface area contributed by atoms with Gasteiger partial charge in [0, 0.05) is 32.1 Å². The number of nitrogens with zero attached hydrogens (tertiary/aromatic N) is 4. The third-order valence-corrected chi connectivity index (χ3v) is 3.83. The minimum Gasteiger partial charge on any atom is -0.387 e. The van der Waals surface area contributed by atoms with Crippen LogP contribution in [0.25, 0.3) is 0 Å². The topological polar surface area (TPSA) is 82.8 Å². The molecule has 1 aromatic heterocycles. The Morgan fingerprint density at radius 2 is 2.30 bits per heavy atom. The lowest BCUT2D eigenvalue weighted by molar-refractivity contribution is 0.0790. The van der Waals surface area contributed by atoms with Crippen LogP contribution in [-0.4, -0.2) is 51.2 Å². The van der Waals surface area contributed by atoms with Crippen molar-refractivity contribution in [1.29, 1.82) is 0 Å². The molecule has 108 valence electrons. The Morgan fingerprint density at radius 1 is 1.50 bits per heavy atom. The van der Waals surface area contributed by atoms with Gasteiger partial charge in [-0.25, -0.2) is 5.01 Å². The van der Waals surface area contributed by atoms with Gasteiger partial charge >= 0.3 is 0 Å². The molecule has 0 aliphatic carbocycles. The van der Waals surface area contributed by atoms with Crippen LogP contribution in [-0.2, 0) is 19.5 Å². The number of amides is 1. The average Bonchev–Trinajstić information content (AvgIpc) is 2.76. The molecule has 3 heterocycles. The van der Waals surface area contributed by atoms with Crippen LogP contribution in [0.15, 0.2) is 5.10 Å². The van der Waals surface area contributed by atoms with Crippen LogP contribution in [0.1, 0.15) is 35.1 Å². The summed E-state index contributed by atoms with van der Waals surface area (Å²) in [6.45, 7) is 3.80. The molecule has 2 N–H and O–H groups in total. The Labute approximate surface area is 117 Å². The fourth-order valence-electron chi connectivity index (χ4n) is 2.69. The highest BCUT2D eigenvalue weighted by atomic mass is 16.3. The van der Waals surface area contributed by atoms with Crippen LogP contribution in [0.2, 0.25) is 0 Å². The molecule has 7 nitrogen and oxygen atoms in total. The molecular weight excluding hydrogens is 258 g/mol. The Bertz CT molecular complexity index is 578. The van der Waals surface area contributed by atoms with E-state index in [0.29, 0.717) is 30.9 Å². The second-order valence-electron chi connectivity index (χ2n) is 5.20. The quantitative estimate of drug-likeness (QED) is 0.780. The molecule has 0 saturated heterocycles. The highest BCUT2D eigenvalue weighted by Gasteiger charge is 2.31. The summed E-state index contributed by atoms with van der Waals surface area (Å²) in [5.41, 5.74) is 3.12. The standard InChI is InChI=1S/C13H19N5O2/c1-3-11(19)10-7-18-12(13(20)17(2)15-10)8-6-14-5-4-9(8)16-18/h11,14,19H,3-7H2,1-2H3. The SMILES string of the molecule is CCC(O)C1=NN(C)C(=O)c2c3c(nn2C1)CCNC3. The summed E-state index contributed by atoms with van der Waals surface area (Å²) in [4.78, 5) is 12.5. The van der Waals surface area contributed by atoms with E-state index in [1.165, 1.54) is 5.01 Å². The summed E-state index contributed by atoms with van der Waals surface area (Å²) in [5, 5.41) is 23.4. The fraction of sp³-hybridized carbons (Fsp3) is 0.615. The van der Waals surface area contributed by atoms with Crippen molar-refractivity contribution in [2.45, 2.75) is 39.0 Å². The molecule has 0 aromatic carbocycles. The zero-order valence-electron chi connectivity index (χ0n) is 11.8. The molecule has 1 atom stereocenters. The molecule has 20 heavy (non-hydrogen) atoms. The van der Waals surface area contributed by atoms with Crippen LogP contribution in [0.5, 0.6) is 0 Å². The van der Waals surface area contributed by atoms with Gasteiger partial charge in [-0.2, -0.15) is 10.2 Å². The van der Waals surface area contributed by atoms with Gasteiger partial charge in [0.05, 0.1) is 24.1 Å². The van der Waals surface area contributed by atoms with E-state index in [9.17, 15) is 9.90 Å². The van der Waals surface area contributed by atoms with Crippen molar-refractivity contribution in [3.8, 4) is 0 Å². The summed E-state index contributed by atoms with van der Waals surface area (Å²) in [6, 6.07) is 0. The smallest absolute Gasteiger partial charge is 0.292 e. The maximum absolute atomic E-state index is 12.5. The maximum Gasteiger partial charge on any atom is 0.292 e. The Hall–Kier alpha value is -1.73. The molecule has 0 bridgehead atoms. The summed E-state index contributed by atoms with van der Waals surface area (Å²) >= 11 is 0. The molecular formula is C13H19N5O2. The number of hydrazone groups is 1. The Kier molecular flexibility index (Phi) is 3.31. The first kappa shape index (κ1) is 13.3. The number of hydrogen-bond acceptors (Lipinski definition) is 5. The predicted molar refractivity (Wildman–Crippen MR) is 73.5 cm³/mol. The molecule has 0 saturated carbocycles. The Morgan fingerprint density at radius 3 is 3.05 bits per heavy atom. The monoisotopic (exact) mass is 277 g/mol. The van der Waals surface area contributed by atoms with Gasteiger partial charge in [0.15, 0.2) is 0 Å². The highest BCUT2D eigenvalue weighted by molar-refractivity contribution is 5.98. The number of rotatable bonds is 2. The van der Waals surface area contributed by atoms with Gasteiger partial charge in [0.25, 0.3) is 5.91 Å². The lowest BCUT2D eigenvalue weighted by atomic mass is 10.1. The lowest BCUT2D eigenvalue weighted by Crippen LogP contribution is -2.28. The first-order valence-electron chi connectivity index (χ1n) is 6.94. The average molecular weight is 277 g/mol. The van der Waals surface area contributed by atoms with E-state index in [4.69, 9.17) is 0 Å². The van der Waals surface area contributed by atoms with E-state index in [1.807, 2.05) is 6.92 Å². The number of hydrogen-bond donors (Lipinski definition) is 2. The predicted octanol–water partition coefficient (Wildman–Crippen LogP) is -0.259. The third-order valence-electron chi connectivity index (χ3n) is 3.83. The molecule has 2 aliphatic rings. The number of aromatic nitrogens is 2. The highest BCUT2D eigenvalue weighted by Crippen LogP contribution is 2.22. The molecule has 0 spiro atoms. The zero-order chi connectivity index (χ0) is 14.3. The first-order chi connectivity index (χ1) is 9.61. The summed E-state index contributed by atoms with van der Waals surface area (Å²) in [5.74, 6) is -0.166. The van der Waals surface area contributed by atoms with Crippen LogP contribution >= 0.6 is 0 Å². The third kappa shape index (κ3) is 2.03. The number of aliphatic hydroxyl groups is 1. The number of carbonyl (C=O) groups excluding carboxylic acids is 1. The minimum absolute atomic E-state index is 0.166. The second-order valence-corrected chi connectivity index (χ2v) is 5.20. The minimum atomic E-state index is -0.643. The van der Waals surface area contributed by atoms with Gasteiger partial charge in [-0.1, -0.05) is 6.92 Å². The van der Waals surface area contributed by atoms with E-state index >= 15 is 0 Å². The van der Waals surface area contributed by atoms with E-state index in [2.05, 4.69) is 15.5 Å². The second kappa shape index (κ2) is 4.99. The number of fused-ring (bicyclic) bond motifs is 3. The first-order valence-corrected chi connectivity index (χ1v) is 6.94. The van der Waals surface area contributed by atoms with Crippen molar-refractivity contribution in [3.05, 3.63) is 17.0 Å². The fourth-order valence-corrected chi connectivity index (χ4v) is 2.69. The molecule has 1 aromatic rings. The van der Waals surface area contributed by atoms with Gasteiger partial charge in [-0.15, -0.1) is 0 Å².